The Kier molecular flexibility index (Phi) is 3.86. The van der Waals surface area contributed by atoms with Crippen molar-refractivity contribution < 1.29 is 4.79 Å². The lowest BCUT2D eigenvalue weighted by molar-refractivity contribution is 0.0951. The molecule has 1 atom stereocenters. The number of pyridine rings is 1. The fraction of sp³-hybridized carbons (Fsp3) is 0.294. The van der Waals surface area contributed by atoms with Crippen molar-refractivity contribution in [2.24, 2.45) is 0 Å². The molecule has 108 valence electrons. The number of hydrogen-bond acceptors (Lipinski definition) is 3. The summed E-state index contributed by atoms with van der Waals surface area (Å²) in [7, 11) is 0. The van der Waals surface area contributed by atoms with E-state index in [1.165, 1.54) is 11.1 Å². The third-order valence-electron chi connectivity index (χ3n) is 3.84. The highest BCUT2D eigenvalue weighted by atomic mass is 16.1. The van der Waals surface area contributed by atoms with Crippen LogP contribution in [0.1, 0.15) is 34.5 Å². The molecule has 3 rings (SSSR count). The number of rotatable bonds is 5. The summed E-state index contributed by atoms with van der Waals surface area (Å²) < 4.78 is 0. The number of nitrogens with zero attached hydrogens (tertiary/aromatic N) is 1. The van der Waals surface area contributed by atoms with Gasteiger partial charge in [0.15, 0.2) is 0 Å². The van der Waals surface area contributed by atoms with E-state index in [-0.39, 0.29) is 5.91 Å². The molecule has 0 spiro atoms. The minimum Gasteiger partial charge on any atom is -0.384 e. The summed E-state index contributed by atoms with van der Waals surface area (Å²) in [5, 5.41) is 6.16. The lowest BCUT2D eigenvalue weighted by Crippen LogP contribution is -2.25. The maximum atomic E-state index is 11.8. The van der Waals surface area contributed by atoms with E-state index in [9.17, 15) is 4.79 Å². The molecule has 0 aliphatic heterocycles. The Morgan fingerprint density at radius 3 is 3.00 bits per heavy atom. The van der Waals surface area contributed by atoms with E-state index in [0.29, 0.717) is 18.2 Å². The average Bonchev–Trinajstić information content (AvgIpc) is 2.49. The van der Waals surface area contributed by atoms with Crippen molar-refractivity contribution in [2.45, 2.75) is 19.3 Å². The standard InChI is InChI=1S/C17H19N3O/c1-2-18-17(21)16-10-14(7-8-19-16)20-11-13-9-12-5-3-4-6-15(12)13/h3-8,10,13H,2,9,11H2,1H3,(H,18,21)(H,19,20). The maximum Gasteiger partial charge on any atom is 0.269 e. The zero-order valence-electron chi connectivity index (χ0n) is 12.1. The Hall–Kier alpha value is -2.36. The van der Waals surface area contributed by atoms with Crippen molar-refractivity contribution in [1.29, 1.82) is 0 Å². The van der Waals surface area contributed by atoms with Gasteiger partial charge in [0.25, 0.3) is 5.91 Å². The lowest BCUT2D eigenvalue weighted by atomic mass is 9.77. The Balaban J connectivity index is 1.62. The first kappa shape index (κ1) is 13.6. The first-order valence-corrected chi connectivity index (χ1v) is 7.34. The molecule has 2 N–H and O–H groups in total. The van der Waals surface area contributed by atoms with Crippen molar-refractivity contribution in [3.63, 3.8) is 0 Å². The molecule has 0 fully saturated rings. The number of hydrogen-bond donors (Lipinski definition) is 2. The van der Waals surface area contributed by atoms with Gasteiger partial charge in [-0.3, -0.25) is 9.78 Å². The van der Waals surface area contributed by atoms with Crippen LogP contribution in [-0.2, 0) is 6.42 Å². The van der Waals surface area contributed by atoms with Gasteiger partial charge < -0.3 is 10.6 Å². The maximum absolute atomic E-state index is 11.8. The van der Waals surface area contributed by atoms with Gasteiger partial charge in [0.05, 0.1) is 0 Å². The van der Waals surface area contributed by atoms with Crippen molar-refractivity contribution in [3.8, 4) is 0 Å². The summed E-state index contributed by atoms with van der Waals surface area (Å²) in [6.07, 6.45) is 2.79. The summed E-state index contributed by atoms with van der Waals surface area (Å²) in [5.74, 6) is 0.428. The third-order valence-corrected chi connectivity index (χ3v) is 3.84. The van der Waals surface area contributed by atoms with Crippen molar-refractivity contribution in [2.75, 3.05) is 18.4 Å². The first-order valence-electron chi connectivity index (χ1n) is 7.34. The molecule has 1 amide bonds. The van der Waals surface area contributed by atoms with Crippen LogP contribution in [0, 0.1) is 0 Å². The highest BCUT2D eigenvalue weighted by Gasteiger charge is 2.24. The van der Waals surface area contributed by atoms with Gasteiger partial charge in [0.1, 0.15) is 5.69 Å². The van der Waals surface area contributed by atoms with Crippen LogP contribution in [0.15, 0.2) is 42.6 Å². The second-order valence-corrected chi connectivity index (χ2v) is 5.27. The number of carbonyl (C=O) groups is 1. The van der Waals surface area contributed by atoms with E-state index in [4.69, 9.17) is 0 Å². The SMILES string of the molecule is CCNC(=O)c1cc(NCC2Cc3ccccc32)ccn1. The molecule has 21 heavy (non-hydrogen) atoms. The predicted molar refractivity (Wildman–Crippen MR) is 83.6 cm³/mol. The summed E-state index contributed by atoms with van der Waals surface area (Å²) in [6, 6.07) is 12.3. The van der Waals surface area contributed by atoms with Gasteiger partial charge in [-0.25, -0.2) is 0 Å². The van der Waals surface area contributed by atoms with Crippen molar-refractivity contribution in [3.05, 3.63) is 59.4 Å². The molecule has 1 heterocycles. The van der Waals surface area contributed by atoms with Gasteiger partial charge in [-0.2, -0.15) is 0 Å². The zero-order valence-corrected chi connectivity index (χ0v) is 12.1. The Morgan fingerprint density at radius 1 is 1.33 bits per heavy atom. The van der Waals surface area contributed by atoms with Crippen LogP contribution in [0.2, 0.25) is 0 Å². The fourth-order valence-corrected chi connectivity index (χ4v) is 2.70. The molecule has 0 saturated heterocycles. The number of benzene rings is 1. The first-order chi connectivity index (χ1) is 10.3. The molecule has 2 aromatic rings. The van der Waals surface area contributed by atoms with Gasteiger partial charge in [0, 0.05) is 30.9 Å². The fourth-order valence-electron chi connectivity index (χ4n) is 2.70. The van der Waals surface area contributed by atoms with Crippen molar-refractivity contribution >= 4 is 11.6 Å². The highest BCUT2D eigenvalue weighted by Crippen LogP contribution is 2.34. The van der Waals surface area contributed by atoms with Crippen LogP contribution < -0.4 is 10.6 Å². The van der Waals surface area contributed by atoms with E-state index >= 15 is 0 Å². The van der Waals surface area contributed by atoms with Crippen LogP contribution in [-0.4, -0.2) is 24.0 Å². The summed E-state index contributed by atoms with van der Waals surface area (Å²) in [4.78, 5) is 15.9. The minimum atomic E-state index is -0.130. The molecule has 4 heteroatoms. The molecular weight excluding hydrogens is 262 g/mol. The predicted octanol–water partition coefficient (Wildman–Crippen LogP) is 2.58. The van der Waals surface area contributed by atoms with E-state index in [1.54, 1.807) is 12.3 Å². The summed E-state index contributed by atoms with van der Waals surface area (Å²) in [5.41, 5.74) is 4.27. The van der Waals surface area contributed by atoms with Gasteiger partial charge >= 0.3 is 0 Å². The molecule has 1 aliphatic rings. The van der Waals surface area contributed by atoms with Gasteiger partial charge in [-0.15, -0.1) is 0 Å². The van der Waals surface area contributed by atoms with E-state index in [0.717, 1.165) is 18.7 Å². The van der Waals surface area contributed by atoms with Crippen LogP contribution in [0.25, 0.3) is 0 Å². The van der Waals surface area contributed by atoms with Crippen molar-refractivity contribution in [1.82, 2.24) is 10.3 Å². The van der Waals surface area contributed by atoms with Crippen LogP contribution >= 0.6 is 0 Å². The summed E-state index contributed by atoms with van der Waals surface area (Å²) >= 11 is 0. The lowest BCUT2D eigenvalue weighted by Gasteiger charge is -2.30. The smallest absolute Gasteiger partial charge is 0.269 e. The Morgan fingerprint density at radius 2 is 2.19 bits per heavy atom. The topological polar surface area (TPSA) is 54.0 Å². The van der Waals surface area contributed by atoms with Crippen LogP contribution in [0.4, 0.5) is 5.69 Å². The van der Waals surface area contributed by atoms with Crippen LogP contribution in [0.5, 0.6) is 0 Å². The zero-order chi connectivity index (χ0) is 14.7. The molecule has 1 aromatic carbocycles. The Bertz CT molecular complexity index is 654. The Labute approximate surface area is 124 Å². The molecule has 4 nitrogen and oxygen atoms in total. The average molecular weight is 281 g/mol. The molecule has 0 radical (unpaired) electrons. The highest BCUT2D eigenvalue weighted by molar-refractivity contribution is 5.93. The van der Waals surface area contributed by atoms with E-state index in [1.807, 2.05) is 13.0 Å². The number of nitrogens with one attached hydrogen (secondary N) is 2. The molecule has 1 aliphatic carbocycles. The number of fused-ring (bicyclic) bond motifs is 1. The molecule has 1 aromatic heterocycles. The van der Waals surface area contributed by atoms with E-state index in [2.05, 4.69) is 39.9 Å². The molecule has 0 bridgehead atoms. The van der Waals surface area contributed by atoms with Gasteiger partial charge in [-0.1, -0.05) is 24.3 Å². The molecule has 0 saturated carbocycles. The van der Waals surface area contributed by atoms with Crippen LogP contribution in [0.3, 0.4) is 0 Å². The number of amides is 1. The molecule has 1 unspecified atom stereocenters. The monoisotopic (exact) mass is 281 g/mol. The molecular formula is C17H19N3O. The normalized spacial score (nSPS) is 15.8. The largest absolute Gasteiger partial charge is 0.384 e. The van der Waals surface area contributed by atoms with Gasteiger partial charge in [-0.05, 0) is 36.6 Å². The second kappa shape index (κ2) is 5.95. The third kappa shape index (κ3) is 2.89. The van der Waals surface area contributed by atoms with Gasteiger partial charge in [0.2, 0.25) is 0 Å². The number of anilines is 1. The second-order valence-electron chi connectivity index (χ2n) is 5.27. The number of carbonyl (C=O) groups excluding carboxylic acids is 1. The van der Waals surface area contributed by atoms with E-state index < -0.39 is 0 Å². The summed E-state index contributed by atoms with van der Waals surface area (Å²) in [6.45, 7) is 3.39. The number of aromatic nitrogens is 1. The quantitative estimate of drug-likeness (QED) is 0.885. The minimum absolute atomic E-state index is 0.130.